The third-order valence-corrected chi connectivity index (χ3v) is 5.30. The molecule has 0 spiro atoms. The topological polar surface area (TPSA) is 93.7 Å². The molecule has 24 heavy (non-hydrogen) atoms. The van der Waals surface area contributed by atoms with Crippen molar-refractivity contribution in [1.29, 1.82) is 0 Å². The Bertz CT molecular complexity index is 682. The van der Waals surface area contributed by atoms with E-state index >= 15 is 0 Å². The van der Waals surface area contributed by atoms with E-state index in [1.165, 1.54) is 25.3 Å². The lowest BCUT2D eigenvalue weighted by Crippen LogP contribution is -2.33. The predicted molar refractivity (Wildman–Crippen MR) is 89.8 cm³/mol. The maximum absolute atomic E-state index is 12.4. The first-order valence-corrected chi connectivity index (χ1v) is 9.42. The highest BCUT2D eigenvalue weighted by molar-refractivity contribution is 7.89. The molecule has 1 saturated heterocycles. The SMILES string of the molecule is COc1ccc(C(=O)NC[C@@H]2CCCO2)cc1S(=O)(=O)NC(C)C. The maximum Gasteiger partial charge on any atom is 0.251 e. The van der Waals surface area contributed by atoms with Crippen molar-refractivity contribution in [2.75, 3.05) is 20.3 Å². The van der Waals surface area contributed by atoms with E-state index in [1.54, 1.807) is 13.8 Å². The summed E-state index contributed by atoms with van der Waals surface area (Å²) < 4.78 is 37.9. The van der Waals surface area contributed by atoms with E-state index in [2.05, 4.69) is 10.0 Å². The summed E-state index contributed by atoms with van der Waals surface area (Å²) in [5.41, 5.74) is 0.262. The van der Waals surface area contributed by atoms with Gasteiger partial charge in [0.2, 0.25) is 10.0 Å². The molecular formula is C16H24N2O5S. The minimum Gasteiger partial charge on any atom is -0.495 e. The normalized spacial score (nSPS) is 17.9. The zero-order chi connectivity index (χ0) is 17.7. The summed E-state index contributed by atoms with van der Waals surface area (Å²) in [5, 5.41) is 2.78. The van der Waals surface area contributed by atoms with E-state index in [0.29, 0.717) is 13.2 Å². The first kappa shape index (κ1) is 18.7. The second-order valence-electron chi connectivity index (χ2n) is 5.99. The molecule has 1 aliphatic heterocycles. The summed E-state index contributed by atoms with van der Waals surface area (Å²) in [7, 11) is -2.38. The summed E-state index contributed by atoms with van der Waals surface area (Å²) in [6.45, 7) is 4.58. The second kappa shape index (κ2) is 7.96. The Morgan fingerprint density at radius 1 is 1.42 bits per heavy atom. The quantitative estimate of drug-likeness (QED) is 0.768. The van der Waals surface area contributed by atoms with Crippen LogP contribution in [0.25, 0.3) is 0 Å². The Morgan fingerprint density at radius 3 is 2.75 bits per heavy atom. The van der Waals surface area contributed by atoms with Crippen molar-refractivity contribution >= 4 is 15.9 Å². The Balaban J connectivity index is 2.19. The summed E-state index contributed by atoms with van der Waals surface area (Å²) >= 11 is 0. The van der Waals surface area contributed by atoms with Crippen molar-refractivity contribution in [2.45, 2.75) is 43.7 Å². The van der Waals surface area contributed by atoms with Gasteiger partial charge in [-0.3, -0.25) is 4.79 Å². The molecule has 2 rings (SSSR count). The molecular weight excluding hydrogens is 332 g/mol. The molecule has 1 atom stereocenters. The summed E-state index contributed by atoms with van der Waals surface area (Å²) in [6, 6.07) is 4.08. The first-order chi connectivity index (χ1) is 11.3. The lowest BCUT2D eigenvalue weighted by atomic mass is 10.2. The average molecular weight is 356 g/mol. The van der Waals surface area contributed by atoms with Gasteiger partial charge >= 0.3 is 0 Å². The van der Waals surface area contributed by atoms with Crippen LogP contribution in [0.1, 0.15) is 37.0 Å². The molecule has 0 radical (unpaired) electrons. The average Bonchev–Trinajstić information content (AvgIpc) is 3.04. The largest absolute Gasteiger partial charge is 0.495 e. The van der Waals surface area contributed by atoms with Crippen LogP contribution in [0.3, 0.4) is 0 Å². The fourth-order valence-electron chi connectivity index (χ4n) is 2.52. The molecule has 0 saturated carbocycles. The molecule has 7 nitrogen and oxygen atoms in total. The summed E-state index contributed by atoms with van der Waals surface area (Å²) in [4.78, 5) is 12.2. The summed E-state index contributed by atoms with van der Waals surface area (Å²) in [5.74, 6) is -0.145. The van der Waals surface area contributed by atoms with Gasteiger partial charge in [-0.05, 0) is 44.9 Å². The Kier molecular flexibility index (Phi) is 6.20. The molecule has 1 amide bonds. The molecule has 0 bridgehead atoms. The molecule has 1 heterocycles. The van der Waals surface area contributed by atoms with Gasteiger partial charge in [-0.2, -0.15) is 0 Å². The van der Waals surface area contributed by atoms with Crippen LogP contribution < -0.4 is 14.8 Å². The third kappa shape index (κ3) is 4.68. The third-order valence-electron chi connectivity index (χ3n) is 3.62. The van der Waals surface area contributed by atoms with Crippen molar-refractivity contribution < 1.29 is 22.7 Å². The van der Waals surface area contributed by atoms with E-state index in [4.69, 9.17) is 9.47 Å². The van der Waals surface area contributed by atoms with E-state index in [-0.39, 0.29) is 34.3 Å². The number of carbonyl (C=O) groups is 1. The van der Waals surface area contributed by atoms with E-state index in [9.17, 15) is 13.2 Å². The Labute approximate surface area is 142 Å². The minimum absolute atomic E-state index is 0.0259. The number of hydrogen-bond donors (Lipinski definition) is 2. The molecule has 8 heteroatoms. The standard InChI is InChI=1S/C16H24N2O5S/c1-11(2)18-24(20,21)15-9-12(6-7-14(15)22-3)16(19)17-10-13-5-4-8-23-13/h6-7,9,11,13,18H,4-5,8,10H2,1-3H3,(H,17,19)/t13-/m0/s1. The molecule has 0 unspecified atom stereocenters. The number of amides is 1. The van der Waals surface area contributed by atoms with Crippen LogP contribution in [0, 0.1) is 0 Å². The van der Waals surface area contributed by atoms with Gasteiger partial charge < -0.3 is 14.8 Å². The molecule has 2 N–H and O–H groups in total. The van der Waals surface area contributed by atoms with Gasteiger partial charge in [0, 0.05) is 24.8 Å². The molecule has 1 aromatic carbocycles. The van der Waals surface area contributed by atoms with Crippen LogP contribution in [0.15, 0.2) is 23.1 Å². The minimum atomic E-state index is -3.77. The number of hydrogen-bond acceptors (Lipinski definition) is 5. The molecule has 0 aromatic heterocycles. The van der Waals surface area contributed by atoms with Crippen molar-refractivity contribution in [3.05, 3.63) is 23.8 Å². The van der Waals surface area contributed by atoms with E-state index < -0.39 is 10.0 Å². The van der Waals surface area contributed by atoms with Crippen LogP contribution in [-0.4, -0.2) is 46.7 Å². The number of rotatable bonds is 7. The molecule has 1 aromatic rings. The molecule has 0 aliphatic carbocycles. The van der Waals surface area contributed by atoms with Gasteiger partial charge in [-0.1, -0.05) is 0 Å². The molecule has 1 aliphatic rings. The van der Waals surface area contributed by atoms with E-state index in [1.807, 2.05) is 0 Å². The van der Waals surface area contributed by atoms with Crippen molar-refractivity contribution in [3.8, 4) is 5.75 Å². The zero-order valence-electron chi connectivity index (χ0n) is 14.2. The van der Waals surface area contributed by atoms with Crippen LogP contribution in [0.2, 0.25) is 0 Å². The Morgan fingerprint density at radius 2 is 2.17 bits per heavy atom. The first-order valence-electron chi connectivity index (χ1n) is 7.93. The highest BCUT2D eigenvalue weighted by Gasteiger charge is 2.23. The van der Waals surface area contributed by atoms with Crippen LogP contribution in [0.4, 0.5) is 0 Å². The summed E-state index contributed by atoms with van der Waals surface area (Å²) in [6.07, 6.45) is 1.94. The van der Waals surface area contributed by atoms with Crippen LogP contribution in [0.5, 0.6) is 5.75 Å². The predicted octanol–water partition coefficient (Wildman–Crippen LogP) is 1.29. The number of benzene rings is 1. The highest BCUT2D eigenvalue weighted by Crippen LogP contribution is 2.25. The van der Waals surface area contributed by atoms with Gasteiger partial charge in [-0.15, -0.1) is 0 Å². The zero-order valence-corrected chi connectivity index (χ0v) is 15.0. The van der Waals surface area contributed by atoms with Gasteiger partial charge in [-0.25, -0.2) is 13.1 Å². The molecule has 1 fully saturated rings. The van der Waals surface area contributed by atoms with Gasteiger partial charge in [0.05, 0.1) is 13.2 Å². The second-order valence-corrected chi connectivity index (χ2v) is 7.67. The monoisotopic (exact) mass is 356 g/mol. The maximum atomic E-state index is 12.4. The van der Waals surface area contributed by atoms with Crippen molar-refractivity contribution in [1.82, 2.24) is 10.0 Å². The Hall–Kier alpha value is -1.64. The smallest absolute Gasteiger partial charge is 0.251 e. The highest BCUT2D eigenvalue weighted by atomic mass is 32.2. The van der Waals surface area contributed by atoms with Crippen LogP contribution >= 0.6 is 0 Å². The number of sulfonamides is 1. The number of methoxy groups -OCH3 is 1. The van der Waals surface area contributed by atoms with Crippen molar-refractivity contribution in [3.63, 3.8) is 0 Å². The number of carbonyl (C=O) groups excluding carboxylic acids is 1. The van der Waals surface area contributed by atoms with Gasteiger partial charge in [0.25, 0.3) is 5.91 Å². The van der Waals surface area contributed by atoms with Crippen molar-refractivity contribution in [2.24, 2.45) is 0 Å². The van der Waals surface area contributed by atoms with Gasteiger partial charge in [0.15, 0.2) is 0 Å². The van der Waals surface area contributed by atoms with Gasteiger partial charge in [0.1, 0.15) is 10.6 Å². The fourth-order valence-corrected chi connectivity index (χ4v) is 3.96. The number of ether oxygens (including phenoxy) is 2. The lowest BCUT2D eigenvalue weighted by Gasteiger charge is -2.15. The van der Waals surface area contributed by atoms with E-state index in [0.717, 1.165) is 12.8 Å². The number of nitrogens with one attached hydrogen (secondary N) is 2. The fraction of sp³-hybridized carbons (Fsp3) is 0.562. The van der Waals surface area contributed by atoms with Crippen LogP contribution in [-0.2, 0) is 14.8 Å². The molecule has 134 valence electrons. The lowest BCUT2D eigenvalue weighted by molar-refractivity contribution is 0.0857.